The first kappa shape index (κ1) is 13.9. The Balaban J connectivity index is 1.83. The van der Waals surface area contributed by atoms with Gasteiger partial charge in [0.05, 0.1) is 13.2 Å². The highest BCUT2D eigenvalue weighted by atomic mass is 19.2. The summed E-state index contributed by atoms with van der Waals surface area (Å²) < 4.78 is 51.3. The Morgan fingerprint density at radius 2 is 1.70 bits per heavy atom. The van der Waals surface area contributed by atoms with Crippen LogP contribution in [0.3, 0.4) is 0 Å². The van der Waals surface area contributed by atoms with E-state index in [-0.39, 0.29) is 11.5 Å². The minimum Gasteiger partial charge on any atom is -0.347 e. The molecule has 3 nitrogen and oxygen atoms in total. The second kappa shape index (κ2) is 5.02. The third-order valence-electron chi connectivity index (χ3n) is 4.15. The van der Waals surface area contributed by atoms with Gasteiger partial charge in [0.15, 0.2) is 17.4 Å². The summed E-state index contributed by atoms with van der Waals surface area (Å²) in [5.41, 5.74) is 6.21. The average molecular weight is 287 g/mol. The van der Waals surface area contributed by atoms with Crippen molar-refractivity contribution in [2.24, 2.45) is 5.73 Å². The molecule has 1 heterocycles. The van der Waals surface area contributed by atoms with Crippen LogP contribution in [0.2, 0.25) is 0 Å². The topological polar surface area (TPSA) is 44.5 Å². The Kier molecular flexibility index (Phi) is 3.48. The molecule has 20 heavy (non-hydrogen) atoms. The van der Waals surface area contributed by atoms with E-state index in [1.54, 1.807) is 0 Å². The van der Waals surface area contributed by atoms with Gasteiger partial charge in [0, 0.05) is 30.9 Å². The summed E-state index contributed by atoms with van der Waals surface area (Å²) in [4.78, 5) is 0. The number of nitrogens with two attached hydrogens (primary N) is 1. The van der Waals surface area contributed by atoms with E-state index in [0.29, 0.717) is 38.5 Å². The van der Waals surface area contributed by atoms with E-state index < -0.39 is 29.3 Å². The number of ether oxygens (including phenoxy) is 2. The van der Waals surface area contributed by atoms with E-state index in [1.807, 2.05) is 0 Å². The minimum absolute atomic E-state index is 0.129. The van der Waals surface area contributed by atoms with Gasteiger partial charge in [-0.15, -0.1) is 0 Å². The number of rotatable bonds is 1. The summed E-state index contributed by atoms with van der Waals surface area (Å²) in [5, 5.41) is 0. The lowest BCUT2D eigenvalue weighted by Crippen LogP contribution is -2.46. The van der Waals surface area contributed by atoms with Crippen LogP contribution in [-0.2, 0) is 9.47 Å². The molecule has 1 aromatic carbocycles. The molecule has 2 N–H and O–H groups in total. The molecule has 0 amide bonds. The first-order valence-corrected chi connectivity index (χ1v) is 6.69. The molecule has 1 spiro atoms. The van der Waals surface area contributed by atoms with Crippen LogP contribution >= 0.6 is 0 Å². The zero-order chi connectivity index (χ0) is 14.3. The molecule has 2 fully saturated rings. The van der Waals surface area contributed by atoms with Crippen LogP contribution in [0.25, 0.3) is 0 Å². The van der Waals surface area contributed by atoms with Gasteiger partial charge in [-0.25, -0.2) is 13.2 Å². The van der Waals surface area contributed by atoms with Gasteiger partial charge in [0.25, 0.3) is 0 Å². The quantitative estimate of drug-likeness (QED) is 0.807. The molecular formula is C14H16F3NO2. The molecule has 1 aliphatic carbocycles. The monoisotopic (exact) mass is 287 g/mol. The molecule has 6 heteroatoms. The molecule has 3 rings (SSSR count). The van der Waals surface area contributed by atoms with Gasteiger partial charge in [0.2, 0.25) is 0 Å². The molecule has 0 aromatic heterocycles. The number of hydrogen-bond donors (Lipinski definition) is 1. The SMILES string of the molecule is N[C@H]1CC2(CC[C@@H]1c1cc(F)c(F)cc1F)OCCO2. The van der Waals surface area contributed by atoms with Crippen LogP contribution in [0, 0.1) is 17.5 Å². The molecule has 0 unspecified atom stereocenters. The molecule has 1 saturated heterocycles. The first-order chi connectivity index (χ1) is 9.51. The van der Waals surface area contributed by atoms with Crippen molar-refractivity contribution in [2.75, 3.05) is 13.2 Å². The van der Waals surface area contributed by atoms with Gasteiger partial charge in [-0.1, -0.05) is 0 Å². The summed E-state index contributed by atoms with van der Waals surface area (Å²) >= 11 is 0. The third-order valence-corrected chi connectivity index (χ3v) is 4.15. The molecule has 0 radical (unpaired) electrons. The van der Waals surface area contributed by atoms with Gasteiger partial charge < -0.3 is 15.2 Å². The van der Waals surface area contributed by atoms with E-state index in [0.717, 1.165) is 6.07 Å². The highest BCUT2D eigenvalue weighted by Gasteiger charge is 2.44. The van der Waals surface area contributed by atoms with E-state index in [2.05, 4.69) is 0 Å². The average Bonchev–Trinajstić information content (AvgIpc) is 2.83. The summed E-state index contributed by atoms with van der Waals surface area (Å²) in [6.07, 6.45) is 1.52. The van der Waals surface area contributed by atoms with Gasteiger partial charge >= 0.3 is 0 Å². The zero-order valence-electron chi connectivity index (χ0n) is 10.9. The highest BCUT2D eigenvalue weighted by molar-refractivity contribution is 5.26. The lowest BCUT2D eigenvalue weighted by molar-refractivity contribution is -0.182. The van der Waals surface area contributed by atoms with Crippen LogP contribution in [-0.4, -0.2) is 25.0 Å². The van der Waals surface area contributed by atoms with Crippen molar-refractivity contribution >= 4 is 0 Å². The van der Waals surface area contributed by atoms with Gasteiger partial charge in [-0.05, 0) is 18.1 Å². The highest BCUT2D eigenvalue weighted by Crippen LogP contribution is 2.42. The van der Waals surface area contributed by atoms with Crippen molar-refractivity contribution in [3.63, 3.8) is 0 Å². The van der Waals surface area contributed by atoms with Crippen molar-refractivity contribution < 1.29 is 22.6 Å². The van der Waals surface area contributed by atoms with Crippen LogP contribution < -0.4 is 5.73 Å². The smallest absolute Gasteiger partial charge is 0.170 e. The van der Waals surface area contributed by atoms with E-state index in [9.17, 15) is 13.2 Å². The van der Waals surface area contributed by atoms with Crippen molar-refractivity contribution in [2.45, 2.75) is 37.0 Å². The molecule has 0 bridgehead atoms. The second-order valence-electron chi connectivity index (χ2n) is 5.41. The van der Waals surface area contributed by atoms with Crippen LogP contribution in [0.5, 0.6) is 0 Å². The summed E-state index contributed by atoms with van der Waals surface area (Å²) in [6.45, 7) is 1.05. The second-order valence-corrected chi connectivity index (χ2v) is 5.41. The summed E-state index contributed by atoms with van der Waals surface area (Å²) in [6, 6.07) is 1.06. The zero-order valence-corrected chi connectivity index (χ0v) is 10.9. The van der Waals surface area contributed by atoms with Crippen molar-refractivity contribution in [3.05, 3.63) is 35.1 Å². The maximum absolute atomic E-state index is 13.8. The predicted octanol–water partition coefficient (Wildman–Crippen LogP) is 2.44. The van der Waals surface area contributed by atoms with E-state index in [1.165, 1.54) is 0 Å². The van der Waals surface area contributed by atoms with Crippen LogP contribution in [0.4, 0.5) is 13.2 Å². The normalized spacial score (nSPS) is 29.0. The van der Waals surface area contributed by atoms with Gasteiger partial charge in [-0.2, -0.15) is 0 Å². The maximum Gasteiger partial charge on any atom is 0.170 e. The fourth-order valence-electron chi connectivity index (χ4n) is 3.16. The van der Waals surface area contributed by atoms with E-state index in [4.69, 9.17) is 15.2 Å². The predicted molar refractivity (Wildman–Crippen MR) is 65.5 cm³/mol. The number of benzene rings is 1. The Morgan fingerprint density at radius 3 is 2.35 bits per heavy atom. The fraction of sp³-hybridized carbons (Fsp3) is 0.571. The Hall–Kier alpha value is -1.11. The van der Waals surface area contributed by atoms with Crippen molar-refractivity contribution in [1.82, 2.24) is 0 Å². The molecule has 1 saturated carbocycles. The van der Waals surface area contributed by atoms with Gasteiger partial charge in [0.1, 0.15) is 5.82 Å². The summed E-state index contributed by atoms with van der Waals surface area (Å²) in [7, 11) is 0. The van der Waals surface area contributed by atoms with Crippen LogP contribution in [0.1, 0.15) is 30.7 Å². The van der Waals surface area contributed by atoms with Crippen molar-refractivity contribution in [3.8, 4) is 0 Å². The Bertz CT molecular complexity index is 517. The molecule has 2 aliphatic rings. The van der Waals surface area contributed by atoms with E-state index >= 15 is 0 Å². The Morgan fingerprint density at radius 1 is 1.05 bits per heavy atom. The molecule has 1 aliphatic heterocycles. The number of hydrogen-bond acceptors (Lipinski definition) is 3. The number of halogens is 3. The van der Waals surface area contributed by atoms with Gasteiger partial charge in [-0.3, -0.25) is 0 Å². The largest absolute Gasteiger partial charge is 0.347 e. The minimum atomic E-state index is -1.19. The first-order valence-electron chi connectivity index (χ1n) is 6.69. The Labute approximate surface area is 114 Å². The van der Waals surface area contributed by atoms with Crippen molar-refractivity contribution in [1.29, 1.82) is 0 Å². The molecule has 110 valence electrons. The lowest BCUT2D eigenvalue weighted by atomic mass is 9.77. The maximum atomic E-state index is 13.8. The van der Waals surface area contributed by atoms with Crippen LogP contribution in [0.15, 0.2) is 12.1 Å². The third kappa shape index (κ3) is 2.32. The summed E-state index contributed by atoms with van der Waals surface area (Å²) in [5.74, 6) is -4.03. The molecule has 2 atom stereocenters. The lowest BCUT2D eigenvalue weighted by Gasteiger charge is -2.39. The molecule has 1 aromatic rings. The standard InChI is InChI=1S/C14H16F3NO2/c15-10-6-12(17)11(16)5-9(10)8-1-2-14(7-13(8)18)19-3-4-20-14/h5-6,8,13H,1-4,7,18H2/t8-,13+/m1/s1. The molecular weight excluding hydrogens is 271 g/mol. The fourth-order valence-corrected chi connectivity index (χ4v) is 3.16.